The maximum absolute atomic E-state index is 12.8. The number of aliphatic hydroxyl groups is 1. The van der Waals surface area contributed by atoms with E-state index in [-0.39, 0.29) is 5.02 Å². The maximum Gasteiger partial charge on any atom is 0.324 e. The number of aliphatic carboxylic acids is 1. The molecule has 19 heavy (non-hydrogen) atoms. The van der Waals surface area contributed by atoms with Crippen LogP contribution in [-0.4, -0.2) is 36.7 Å². The molecule has 0 unspecified atom stereocenters. The molecule has 9 heteroatoms. The number of hydrogen-bond donors (Lipinski definition) is 3. The Morgan fingerprint density at radius 3 is 2.47 bits per heavy atom. The average molecular weight is 312 g/mol. The molecule has 0 spiro atoms. The minimum absolute atomic E-state index is 0.387. The number of carbonyl (C=O) groups is 1. The number of carboxylic acid groups (broad SMARTS) is 1. The second kappa shape index (κ2) is 5.83. The fourth-order valence-corrected chi connectivity index (χ4v) is 3.07. The first-order chi connectivity index (χ1) is 8.65. The monoisotopic (exact) mass is 311 g/mol. The van der Waals surface area contributed by atoms with Crippen LogP contribution in [0.1, 0.15) is 6.92 Å². The van der Waals surface area contributed by atoms with Crippen LogP contribution in [0.15, 0.2) is 23.1 Å². The summed E-state index contributed by atoms with van der Waals surface area (Å²) in [5, 5.41) is 17.6. The fraction of sp³-hybridized carbons (Fsp3) is 0.300. The molecule has 0 aliphatic rings. The molecule has 0 amide bonds. The van der Waals surface area contributed by atoms with E-state index < -0.39 is 38.9 Å². The van der Waals surface area contributed by atoms with E-state index in [0.717, 1.165) is 25.1 Å². The topological polar surface area (TPSA) is 104 Å². The lowest BCUT2D eigenvalue weighted by molar-refractivity contribution is -0.141. The normalized spacial score (nSPS) is 14.9. The highest BCUT2D eigenvalue weighted by Gasteiger charge is 2.30. The Balaban J connectivity index is 3.14. The summed E-state index contributed by atoms with van der Waals surface area (Å²) >= 11 is 5.59. The average Bonchev–Trinajstić information content (AvgIpc) is 2.24. The number of nitrogens with one attached hydrogen (secondary N) is 1. The molecule has 0 aliphatic heterocycles. The van der Waals surface area contributed by atoms with Gasteiger partial charge in [-0.1, -0.05) is 11.6 Å². The van der Waals surface area contributed by atoms with Gasteiger partial charge in [0, 0.05) is 0 Å². The van der Waals surface area contributed by atoms with E-state index in [1.165, 1.54) is 0 Å². The summed E-state index contributed by atoms with van der Waals surface area (Å²) in [6.45, 7) is 1.12. The molecule has 0 saturated carbocycles. The van der Waals surface area contributed by atoms with Crippen LogP contribution in [0.2, 0.25) is 5.02 Å². The van der Waals surface area contributed by atoms with Gasteiger partial charge in [-0.05, 0) is 25.1 Å². The molecular formula is C10H11ClFNO5S. The highest BCUT2D eigenvalue weighted by Crippen LogP contribution is 2.22. The second-order valence-corrected chi connectivity index (χ2v) is 5.84. The predicted molar refractivity (Wildman–Crippen MR) is 64.8 cm³/mol. The Hall–Kier alpha value is -1.22. The Morgan fingerprint density at radius 2 is 2.05 bits per heavy atom. The van der Waals surface area contributed by atoms with Gasteiger partial charge in [0.05, 0.1) is 11.1 Å². The molecule has 0 radical (unpaired) electrons. The summed E-state index contributed by atoms with van der Waals surface area (Å²) in [6.07, 6.45) is -1.45. The molecular weight excluding hydrogens is 301 g/mol. The lowest BCUT2D eigenvalue weighted by Gasteiger charge is -2.17. The molecule has 0 bridgehead atoms. The number of rotatable bonds is 5. The van der Waals surface area contributed by atoms with Gasteiger partial charge in [0.1, 0.15) is 16.8 Å². The molecule has 1 aromatic rings. The van der Waals surface area contributed by atoms with E-state index in [1.807, 2.05) is 0 Å². The van der Waals surface area contributed by atoms with E-state index in [1.54, 1.807) is 4.72 Å². The third-order valence-electron chi connectivity index (χ3n) is 2.21. The highest BCUT2D eigenvalue weighted by atomic mass is 35.5. The quantitative estimate of drug-likeness (QED) is 0.738. The second-order valence-electron chi connectivity index (χ2n) is 3.75. The molecule has 3 N–H and O–H groups in total. The summed E-state index contributed by atoms with van der Waals surface area (Å²) in [4.78, 5) is 10.3. The number of benzene rings is 1. The summed E-state index contributed by atoms with van der Waals surface area (Å²) in [5.41, 5.74) is 0. The van der Waals surface area contributed by atoms with Gasteiger partial charge in [0.25, 0.3) is 0 Å². The van der Waals surface area contributed by atoms with Crippen LogP contribution in [0.25, 0.3) is 0 Å². The van der Waals surface area contributed by atoms with Crippen molar-refractivity contribution in [2.45, 2.75) is 24.0 Å². The summed E-state index contributed by atoms with van der Waals surface area (Å²) in [5.74, 6) is -2.27. The van der Waals surface area contributed by atoms with Crippen molar-refractivity contribution in [2.75, 3.05) is 0 Å². The van der Waals surface area contributed by atoms with Crippen molar-refractivity contribution in [2.24, 2.45) is 0 Å². The molecule has 6 nitrogen and oxygen atoms in total. The third kappa shape index (κ3) is 3.87. The number of hydrogen-bond acceptors (Lipinski definition) is 4. The van der Waals surface area contributed by atoms with E-state index >= 15 is 0 Å². The standard InChI is InChI=1S/C10H11ClFNO5S/c1-5(14)9(10(15)16)13-19(17,18)8-3-2-6(12)4-7(8)11/h2-5,9,13-14H,1H3,(H,15,16)/t5-,9+/m1/s1. The van der Waals surface area contributed by atoms with Gasteiger partial charge in [-0.15, -0.1) is 0 Å². The Morgan fingerprint density at radius 1 is 1.47 bits per heavy atom. The van der Waals surface area contributed by atoms with Gasteiger partial charge in [-0.2, -0.15) is 4.72 Å². The third-order valence-corrected chi connectivity index (χ3v) is 4.14. The van der Waals surface area contributed by atoms with Gasteiger partial charge >= 0.3 is 5.97 Å². The zero-order chi connectivity index (χ0) is 14.8. The van der Waals surface area contributed by atoms with Crippen molar-refractivity contribution in [1.82, 2.24) is 4.72 Å². The molecule has 2 atom stereocenters. The van der Waals surface area contributed by atoms with Crippen LogP contribution < -0.4 is 4.72 Å². The Bertz CT molecular complexity index is 590. The maximum atomic E-state index is 12.8. The van der Waals surface area contributed by atoms with E-state index in [0.29, 0.717) is 0 Å². The molecule has 0 saturated heterocycles. The smallest absolute Gasteiger partial charge is 0.324 e. The number of carboxylic acids is 1. The number of halogens is 2. The zero-order valence-electron chi connectivity index (χ0n) is 9.67. The SMILES string of the molecule is C[C@@H](O)[C@H](NS(=O)(=O)c1ccc(F)cc1Cl)C(=O)O. The van der Waals surface area contributed by atoms with E-state index in [4.69, 9.17) is 16.7 Å². The molecule has 0 fully saturated rings. The zero-order valence-corrected chi connectivity index (χ0v) is 11.2. The van der Waals surface area contributed by atoms with E-state index in [9.17, 15) is 22.7 Å². The van der Waals surface area contributed by atoms with Gasteiger partial charge in [0.2, 0.25) is 10.0 Å². The van der Waals surface area contributed by atoms with Crippen LogP contribution in [0.5, 0.6) is 0 Å². The molecule has 1 rings (SSSR count). The fourth-order valence-electron chi connectivity index (χ4n) is 1.28. The first-order valence-electron chi connectivity index (χ1n) is 5.03. The van der Waals surface area contributed by atoms with Crippen LogP contribution in [0.4, 0.5) is 4.39 Å². The van der Waals surface area contributed by atoms with Crippen molar-refractivity contribution in [3.63, 3.8) is 0 Å². The largest absolute Gasteiger partial charge is 0.480 e. The van der Waals surface area contributed by atoms with Crippen molar-refractivity contribution in [3.05, 3.63) is 29.0 Å². The van der Waals surface area contributed by atoms with Gasteiger partial charge in [0.15, 0.2) is 0 Å². The minimum atomic E-state index is -4.29. The van der Waals surface area contributed by atoms with Crippen molar-refractivity contribution >= 4 is 27.6 Å². The van der Waals surface area contributed by atoms with Crippen LogP contribution in [-0.2, 0) is 14.8 Å². The van der Waals surface area contributed by atoms with Crippen LogP contribution in [0.3, 0.4) is 0 Å². The first-order valence-corrected chi connectivity index (χ1v) is 6.89. The number of aliphatic hydroxyl groups excluding tert-OH is 1. The summed E-state index contributed by atoms with van der Waals surface area (Å²) in [7, 11) is -4.29. The lowest BCUT2D eigenvalue weighted by atomic mass is 10.2. The summed E-state index contributed by atoms with van der Waals surface area (Å²) in [6, 6.07) is 0.833. The molecule has 0 aliphatic carbocycles. The Kier molecular flexibility index (Phi) is 4.86. The molecule has 0 aromatic heterocycles. The van der Waals surface area contributed by atoms with Crippen molar-refractivity contribution in [1.29, 1.82) is 0 Å². The van der Waals surface area contributed by atoms with Gasteiger partial charge in [-0.3, -0.25) is 4.79 Å². The van der Waals surface area contributed by atoms with Crippen molar-refractivity contribution < 1.29 is 27.8 Å². The molecule has 0 heterocycles. The number of sulfonamides is 1. The van der Waals surface area contributed by atoms with E-state index in [2.05, 4.69) is 0 Å². The van der Waals surface area contributed by atoms with Crippen LogP contribution in [0, 0.1) is 5.82 Å². The first kappa shape index (κ1) is 15.8. The van der Waals surface area contributed by atoms with Gasteiger partial charge in [-0.25, -0.2) is 12.8 Å². The minimum Gasteiger partial charge on any atom is -0.480 e. The van der Waals surface area contributed by atoms with Gasteiger partial charge < -0.3 is 10.2 Å². The molecule has 106 valence electrons. The predicted octanol–water partition coefficient (Wildman–Crippen LogP) is 0.591. The highest BCUT2D eigenvalue weighted by molar-refractivity contribution is 7.89. The molecule has 1 aromatic carbocycles. The lowest BCUT2D eigenvalue weighted by Crippen LogP contribution is -2.47. The van der Waals surface area contributed by atoms with Crippen LogP contribution >= 0.6 is 11.6 Å². The summed E-state index contributed by atoms with van der Waals surface area (Å²) < 4.78 is 38.4. The Labute approximate surface area is 113 Å². The van der Waals surface area contributed by atoms with Crippen molar-refractivity contribution in [3.8, 4) is 0 Å².